The zero-order chi connectivity index (χ0) is 14.1. The van der Waals surface area contributed by atoms with Gasteiger partial charge in [-0.25, -0.2) is 0 Å². The molecular formula is C17H19BrN2. The van der Waals surface area contributed by atoms with E-state index >= 15 is 0 Å². The highest BCUT2D eigenvalue weighted by Crippen LogP contribution is 2.39. The second-order valence-corrected chi connectivity index (χ2v) is 6.37. The standard InChI is InChI=1S/C17H19BrN2/c1-12(2)14-5-3-4-6-16(14)20-10-9-19-15-8-7-13(18)11-17(15)20/h3-8,11-12,19H,9-10H2,1-2H3. The molecule has 1 aliphatic rings. The highest BCUT2D eigenvalue weighted by atomic mass is 79.9. The molecule has 0 fully saturated rings. The molecule has 0 radical (unpaired) electrons. The minimum absolute atomic E-state index is 0.525. The van der Waals surface area contributed by atoms with Crippen LogP contribution in [-0.2, 0) is 0 Å². The molecule has 3 rings (SSSR count). The first kappa shape index (κ1) is 13.5. The lowest BCUT2D eigenvalue weighted by Gasteiger charge is -2.34. The van der Waals surface area contributed by atoms with Crippen molar-refractivity contribution in [2.75, 3.05) is 23.3 Å². The summed E-state index contributed by atoms with van der Waals surface area (Å²) in [6, 6.07) is 15.1. The van der Waals surface area contributed by atoms with Crippen molar-refractivity contribution in [2.24, 2.45) is 0 Å². The van der Waals surface area contributed by atoms with E-state index in [4.69, 9.17) is 0 Å². The van der Waals surface area contributed by atoms with Gasteiger partial charge in [-0.2, -0.15) is 0 Å². The van der Waals surface area contributed by atoms with E-state index in [0.29, 0.717) is 5.92 Å². The van der Waals surface area contributed by atoms with Crippen molar-refractivity contribution in [1.29, 1.82) is 0 Å². The molecule has 0 saturated heterocycles. The first-order valence-electron chi connectivity index (χ1n) is 7.06. The third-order valence-electron chi connectivity index (χ3n) is 3.75. The van der Waals surface area contributed by atoms with Crippen molar-refractivity contribution in [1.82, 2.24) is 0 Å². The third-order valence-corrected chi connectivity index (χ3v) is 4.24. The fourth-order valence-electron chi connectivity index (χ4n) is 2.77. The molecule has 1 N–H and O–H groups in total. The van der Waals surface area contributed by atoms with Crippen molar-refractivity contribution in [3.63, 3.8) is 0 Å². The number of rotatable bonds is 2. The van der Waals surface area contributed by atoms with Gasteiger partial charge in [-0.3, -0.25) is 0 Å². The van der Waals surface area contributed by atoms with Crippen molar-refractivity contribution in [3.05, 3.63) is 52.5 Å². The molecule has 1 aliphatic heterocycles. The smallest absolute Gasteiger partial charge is 0.0658 e. The summed E-state index contributed by atoms with van der Waals surface area (Å²) in [4.78, 5) is 2.42. The molecular weight excluding hydrogens is 312 g/mol. The van der Waals surface area contributed by atoms with E-state index in [1.54, 1.807) is 0 Å². The average Bonchev–Trinajstić information content (AvgIpc) is 2.46. The molecule has 0 saturated carbocycles. The van der Waals surface area contributed by atoms with E-state index < -0.39 is 0 Å². The van der Waals surface area contributed by atoms with Crippen molar-refractivity contribution in [3.8, 4) is 0 Å². The summed E-state index contributed by atoms with van der Waals surface area (Å²) >= 11 is 3.58. The van der Waals surface area contributed by atoms with Gasteiger partial charge in [-0.1, -0.05) is 48.0 Å². The lowest BCUT2D eigenvalue weighted by atomic mass is 9.99. The molecule has 2 aromatic carbocycles. The number of nitrogens with one attached hydrogen (secondary N) is 1. The maximum absolute atomic E-state index is 3.58. The first-order valence-corrected chi connectivity index (χ1v) is 7.86. The molecule has 3 heteroatoms. The number of hydrogen-bond acceptors (Lipinski definition) is 2. The van der Waals surface area contributed by atoms with Gasteiger partial charge >= 0.3 is 0 Å². The van der Waals surface area contributed by atoms with Crippen LogP contribution in [0.4, 0.5) is 17.1 Å². The van der Waals surface area contributed by atoms with Gasteiger partial charge in [-0.05, 0) is 35.7 Å². The zero-order valence-corrected chi connectivity index (χ0v) is 13.4. The van der Waals surface area contributed by atoms with Crippen LogP contribution in [0.5, 0.6) is 0 Å². The van der Waals surface area contributed by atoms with E-state index in [9.17, 15) is 0 Å². The van der Waals surface area contributed by atoms with Gasteiger partial charge < -0.3 is 10.2 Å². The predicted octanol–water partition coefficient (Wildman–Crippen LogP) is 5.14. The highest BCUT2D eigenvalue weighted by Gasteiger charge is 2.20. The van der Waals surface area contributed by atoms with Gasteiger partial charge in [0.25, 0.3) is 0 Å². The minimum Gasteiger partial charge on any atom is -0.382 e. The topological polar surface area (TPSA) is 15.3 Å². The summed E-state index contributed by atoms with van der Waals surface area (Å²) in [5, 5.41) is 3.48. The molecule has 104 valence electrons. The van der Waals surface area contributed by atoms with Crippen LogP contribution >= 0.6 is 15.9 Å². The molecule has 0 aliphatic carbocycles. The number of fused-ring (bicyclic) bond motifs is 1. The van der Waals surface area contributed by atoms with Gasteiger partial charge in [-0.15, -0.1) is 0 Å². The Morgan fingerprint density at radius 3 is 2.70 bits per heavy atom. The Kier molecular flexibility index (Phi) is 3.70. The van der Waals surface area contributed by atoms with Crippen LogP contribution < -0.4 is 10.2 Å². The summed E-state index contributed by atoms with van der Waals surface area (Å²) in [5.41, 5.74) is 5.18. The molecule has 0 bridgehead atoms. The van der Waals surface area contributed by atoms with Crippen LogP contribution in [0.25, 0.3) is 0 Å². The van der Waals surface area contributed by atoms with E-state index in [1.807, 2.05) is 0 Å². The van der Waals surface area contributed by atoms with Gasteiger partial charge in [0.05, 0.1) is 11.4 Å². The second-order valence-electron chi connectivity index (χ2n) is 5.45. The van der Waals surface area contributed by atoms with E-state index in [1.165, 1.54) is 22.6 Å². The lowest BCUT2D eigenvalue weighted by Crippen LogP contribution is -2.30. The van der Waals surface area contributed by atoms with Crippen LogP contribution in [0, 0.1) is 0 Å². The number of hydrogen-bond donors (Lipinski definition) is 1. The summed E-state index contributed by atoms with van der Waals surface area (Å²) in [7, 11) is 0. The Morgan fingerprint density at radius 2 is 1.90 bits per heavy atom. The number of para-hydroxylation sites is 1. The number of benzene rings is 2. The second kappa shape index (κ2) is 5.49. The van der Waals surface area contributed by atoms with Gasteiger partial charge in [0.2, 0.25) is 0 Å². The molecule has 20 heavy (non-hydrogen) atoms. The quantitative estimate of drug-likeness (QED) is 0.820. The Labute approximate surface area is 128 Å². The van der Waals surface area contributed by atoms with E-state index in [2.05, 4.69) is 82.5 Å². The summed E-state index contributed by atoms with van der Waals surface area (Å²) in [6.45, 7) is 6.47. The van der Waals surface area contributed by atoms with Crippen molar-refractivity contribution < 1.29 is 0 Å². The van der Waals surface area contributed by atoms with Gasteiger partial charge in [0.1, 0.15) is 0 Å². The Bertz CT molecular complexity index is 622. The van der Waals surface area contributed by atoms with Crippen LogP contribution in [-0.4, -0.2) is 13.1 Å². The summed E-state index contributed by atoms with van der Waals surface area (Å²) < 4.78 is 1.12. The van der Waals surface area contributed by atoms with E-state index in [0.717, 1.165) is 17.6 Å². The molecule has 0 unspecified atom stereocenters. The molecule has 2 nitrogen and oxygen atoms in total. The average molecular weight is 331 g/mol. The first-order chi connectivity index (χ1) is 9.66. The molecule has 0 aromatic heterocycles. The fourth-order valence-corrected chi connectivity index (χ4v) is 3.12. The fraction of sp³-hybridized carbons (Fsp3) is 0.294. The normalized spacial score (nSPS) is 14.1. The monoisotopic (exact) mass is 330 g/mol. The maximum Gasteiger partial charge on any atom is 0.0658 e. The summed E-state index contributed by atoms with van der Waals surface area (Å²) in [5.74, 6) is 0.525. The van der Waals surface area contributed by atoms with Gasteiger partial charge in [0.15, 0.2) is 0 Å². The number of halogens is 1. The summed E-state index contributed by atoms with van der Waals surface area (Å²) in [6.07, 6.45) is 0. The Balaban J connectivity index is 2.11. The third kappa shape index (κ3) is 2.42. The van der Waals surface area contributed by atoms with Crippen LogP contribution in [0.3, 0.4) is 0 Å². The van der Waals surface area contributed by atoms with Crippen molar-refractivity contribution in [2.45, 2.75) is 19.8 Å². The van der Waals surface area contributed by atoms with Crippen LogP contribution in [0.2, 0.25) is 0 Å². The Hall–Kier alpha value is -1.48. The minimum atomic E-state index is 0.525. The molecule has 0 spiro atoms. The number of nitrogens with zero attached hydrogens (tertiary/aromatic N) is 1. The number of anilines is 3. The molecule has 2 aromatic rings. The molecule has 0 amide bonds. The van der Waals surface area contributed by atoms with Crippen LogP contribution in [0.15, 0.2) is 46.9 Å². The van der Waals surface area contributed by atoms with E-state index in [-0.39, 0.29) is 0 Å². The maximum atomic E-state index is 3.58. The van der Waals surface area contributed by atoms with Crippen LogP contribution in [0.1, 0.15) is 25.3 Å². The Morgan fingerprint density at radius 1 is 1.10 bits per heavy atom. The molecule has 0 atom stereocenters. The predicted molar refractivity (Wildman–Crippen MR) is 90.2 cm³/mol. The van der Waals surface area contributed by atoms with Crippen molar-refractivity contribution >= 4 is 33.0 Å². The van der Waals surface area contributed by atoms with Gasteiger partial charge in [0, 0.05) is 23.2 Å². The highest BCUT2D eigenvalue weighted by molar-refractivity contribution is 9.10. The SMILES string of the molecule is CC(C)c1ccccc1N1CCNc2ccc(Br)cc21. The molecule has 1 heterocycles. The lowest BCUT2D eigenvalue weighted by molar-refractivity contribution is 0.844. The zero-order valence-electron chi connectivity index (χ0n) is 11.9. The largest absolute Gasteiger partial charge is 0.382 e.